The first-order valence-electron chi connectivity index (χ1n) is 10.4. The SMILES string of the molecule is CCCN(C(=O)COc1cc(=O)n(CC)c2ccccc12)c1ccc(OCC)cc1. The Kier molecular flexibility index (Phi) is 7.12. The first kappa shape index (κ1) is 21.4. The van der Waals surface area contributed by atoms with Gasteiger partial charge in [-0.1, -0.05) is 19.1 Å². The van der Waals surface area contributed by atoms with E-state index in [1.54, 1.807) is 9.47 Å². The quantitative estimate of drug-likeness (QED) is 0.531. The Bertz CT molecular complexity index is 1060. The number of para-hydroxylation sites is 1. The lowest BCUT2D eigenvalue weighted by molar-refractivity contribution is -0.120. The van der Waals surface area contributed by atoms with E-state index in [4.69, 9.17) is 9.47 Å². The second-order valence-corrected chi connectivity index (χ2v) is 6.87. The van der Waals surface area contributed by atoms with Crippen LogP contribution in [0.2, 0.25) is 0 Å². The third kappa shape index (κ3) is 4.64. The summed E-state index contributed by atoms with van der Waals surface area (Å²) in [5.74, 6) is 1.03. The number of benzene rings is 2. The Morgan fingerprint density at radius 1 is 1.00 bits per heavy atom. The number of anilines is 1. The van der Waals surface area contributed by atoms with Crippen LogP contribution in [0, 0.1) is 0 Å². The lowest BCUT2D eigenvalue weighted by Gasteiger charge is -2.23. The van der Waals surface area contributed by atoms with Crippen molar-refractivity contribution in [3.8, 4) is 11.5 Å². The van der Waals surface area contributed by atoms with Crippen LogP contribution in [0.4, 0.5) is 5.69 Å². The van der Waals surface area contributed by atoms with E-state index in [2.05, 4.69) is 0 Å². The number of hydrogen-bond acceptors (Lipinski definition) is 4. The molecule has 1 amide bonds. The summed E-state index contributed by atoms with van der Waals surface area (Å²) in [6.45, 7) is 7.48. The van der Waals surface area contributed by atoms with E-state index in [9.17, 15) is 9.59 Å². The summed E-state index contributed by atoms with van der Waals surface area (Å²) < 4.78 is 13.0. The maximum Gasteiger partial charge on any atom is 0.264 e. The fraction of sp³-hybridized carbons (Fsp3) is 0.333. The van der Waals surface area contributed by atoms with Gasteiger partial charge >= 0.3 is 0 Å². The summed E-state index contributed by atoms with van der Waals surface area (Å²) in [5, 5.41) is 0.815. The highest BCUT2D eigenvalue weighted by Crippen LogP contribution is 2.24. The Morgan fingerprint density at radius 2 is 1.73 bits per heavy atom. The fourth-order valence-corrected chi connectivity index (χ4v) is 3.48. The number of nitrogens with zero attached hydrogens (tertiary/aromatic N) is 2. The summed E-state index contributed by atoms with van der Waals surface area (Å²) in [7, 11) is 0. The predicted molar refractivity (Wildman–Crippen MR) is 120 cm³/mol. The number of carbonyl (C=O) groups excluding carboxylic acids is 1. The van der Waals surface area contributed by atoms with Crippen molar-refractivity contribution in [2.75, 3.05) is 24.7 Å². The maximum absolute atomic E-state index is 12.9. The molecule has 6 heteroatoms. The van der Waals surface area contributed by atoms with E-state index in [-0.39, 0.29) is 18.1 Å². The van der Waals surface area contributed by atoms with Crippen molar-refractivity contribution in [1.29, 1.82) is 0 Å². The highest BCUT2D eigenvalue weighted by Gasteiger charge is 2.17. The molecule has 2 aromatic carbocycles. The van der Waals surface area contributed by atoms with Crippen LogP contribution in [-0.2, 0) is 11.3 Å². The summed E-state index contributed by atoms with van der Waals surface area (Å²) in [6.07, 6.45) is 0.814. The number of pyridine rings is 1. The molecule has 3 aromatic rings. The Balaban J connectivity index is 1.81. The average Bonchev–Trinajstić information content (AvgIpc) is 2.76. The van der Waals surface area contributed by atoms with E-state index < -0.39 is 0 Å². The van der Waals surface area contributed by atoms with Crippen molar-refractivity contribution in [2.45, 2.75) is 33.7 Å². The minimum Gasteiger partial charge on any atom is -0.494 e. The van der Waals surface area contributed by atoms with Crippen LogP contribution in [0.1, 0.15) is 27.2 Å². The molecule has 0 aliphatic rings. The van der Waals surface area contributed by atoms with Crippen molar-refractivity contribution in [1.82, 2.24) is 4.57 Å². The monoisotopic (exact) mass is 408 g/mol. The molecule has 3 rings (SSSR count). The standard InChI is InChI=1S/C24H28N2O4/c1-4-15-26(18-11-13-19(14-12-18)29-6-3)24(28)17-30-22-16-23(27)25(5-2)21-10-8-7-9-20(21)22/h7-14,16H,4-6,15,17H2,1-3H3. The molecule has 0 aliphatic carbocycles. The lowest BCUT2D eigenvalue weighted by atomic mass is 10.2. The predicted octanol–water partition coefficient (Wildman–Crippen LogP) is 4.24. The molecular weight excluding hydrogens is 380 g/mol. The fourth-order valence-electron chi connectivity index (χ4n) is 3.48. The molecule has 0 N–H and O–H groups in total. The molecule has 6 nitrogen and oxygen atoms in total. The van der Waals surface area contributed by atoms with Gasteiger partial charge < -0.3 is 18.9 Å². The van der Waals surface area contributed by atoms with E-state index in [1.165, 1.54) is 6.07 Å². The first-order valence-corrected chi connectivity index (χ1v) is 10.4. The normalized spacial score (nSPS) is 10.8. The number of rotatable bonds is 9. The summed E-state index contributed by atoms with van der Waals surface area (Å²) in [6, 6.07) is 16.5. The van der Waals surface area contributed by atoms with Gasteiger partial charge in [-0.25, -0.2) is 0 Å². The van der Waals surface area contributed by atoms with E-state index in [1.807, 2.05) is 69.3 Å². The van der Waals surface area contributed by atoms with E-state index >= 15 is 0 Å². The van der Waals surface area contributed by atoms with Gasteiger partial charge in [0.1, 0.15) is 11.5 Å². The topological polar surface area (TPSA) is 60.8 Å². The molecule has 30 heavy (non-hydrogen) atoms. The molecule has 0 spiro atoms. The van der Waals surface area contributed by atoms with E-state index in [0.29, 0.717) is 25.4 Å². The number of hydrogen-bond donors (Lipinski definition) is 0. The maximum atomic E-state index is 12.9. The Hall–Kier alpha value is -3.28. The molecule has 0 fully saturated rings. The van der Waals surface area contributed by atoms with E-state index in [0.717, 1.165) is 28.8 Å². The van der Waals surface area contributed by atoms with Crippen molar-refractivity contribution in [3.63, 3.8) is 0 Å². The number of carbonyl (C=O) groups is 1. The van der Waals surface area contributed by atoms with Crippen molar-refractivity contribution < 1.29 is 14.3 Å². The molecule has 0 atom stereocenters. The molecule has 1 aromatic heterocycles. The van der Waals surface area contributed by atoms with Crippen LogP contribution in [0.25, 0.3) is 10.9 Å². The molecular formula is C24H28N2O4. The minimum atomic E-state index is -0.162. The molecule has 0 saturated carbocycles. The third-order valence-corrected chi connectivity index (χ3v) is 4.86. The second kappa shape index (κ2) is 9.96. The molecule has 0 bridgehead atoms. The third-order valence-electron chi connectivity index (χ3n) is 4.86. The highest BCUT2D eigenvalue weighted by molar-refractivity contribution is 5.95. The van der Waals surface area contributed by atoms with Gasteiger partial charge in [-0.05, 0) is 56.7 Å². The van der Waals surface area contributed by atoms with Gasteiger partial charge in [0, 0.05) is 30.2 Å². The van der Waals surface area contributed by atoms with Crippen molar-refractivity contribution >= 4 is 22.5 Å². The number of aryl methyl sites for hydroxylation is 1. The van der Waals surface area contributed by atoms with Gasteiger partial charge in [0.25, 0.3) is 11.5 Å². The summed E-state index contributed by atoms with van der Waals surface area (Å²) in [4.78, 5) is 27.1. The molecule has 0 aliphatic heterocycles. The smallest absolute Gasteiger partial charge is 0.264 e. The molecule has 0 saturated heterocycles. The van der Waals surface area contributed by atoms with Gasteiger partial charge in [0.2, 0.25) is 0 Å². The lowest BCUT2D eigenvalue weighted by Crippen LogP contribution is -2.35. The Morgan fingerprint density at radius 3 is 2.40 bits per heavy atom. The average molecular weight is 408 g/mol. The zero-order valence-electron chi connectivity index (χ0n) is 17.8. The zero-order chi connectivity index (χ0) is 21.5. The van der Waals surface area contributed by atoms with Crippen molar-refractivity contribution in [3.05, 3.63) is 65.0 Å². The minimum absolute atomic E-state index is 0.143. The van der Waals surface area contributed by atoms with Gasteiger partial charge in [-0.3, -0.25) is 9.59 Å². The molecule has 0 radical (unpaired) electrons. The summed E-state index contributed by atoms with van der Waals surface area (Å²) in [5.41, 5.74) is 1.45. The van der Waals surface area contributed by atoms with Gasteiger partial charge in [-0.15, -0.1) is 0 Å². The number of fused-ring (bicyclic) bond motifs is 1. The van der Waals surface area contributed by atoms with Gasteiger partial charge in [0.05, 0.1) is 12.1 Å². The van der Waals surface area contributed by atoms with Crippen LogP contribution in [-0.4, -0.2) is 30.2 Å². The Labute approximate surface area is 176 Å². The van der Waals surface area contributed by atoms with Crippen LogP contribution in [0.5, 0.6) is 11.5 Å². The molecule has 1 heterocycles. The first-order chi connectivity index (χ1) is 14.6. The van der Waals surface area contributed by atoms with Gasteiger partial charge in [0.15, 0.2) is 6.61 Å². The zero-order valence-corrected chi connectivity index (χ0v) is 17.8. The van der Waals surface area contributed by atoms with Crippen LogP contribution >= 0.6 is 0 Å². The second-order valence-electron chi connectivity index (χ2n) is 6.87. The van der Waals surface area contributed by atoms with Crippen LogP contribution < -0.4 is 19.9 Å². The van der Waals surface area contributed by atoms with Crippen molar-refractivity contribution in [2.24, 2.45) is 0 Å². The molecule has 0 unspecified atom stereocenters. The molecule has 158 valence electrons. The van der Waals surface area contributed by atoms with Gasteiger partial charge in [-0.2, -0.15) is 0 Å². The van der Waals surface area contributed by atoms with Crippen LogP contribution in [0.3, 0.4) is 0 Å². The highest BCUT2D eigenvalue weighted by atomic mass is 16.5. The number of aromatic nitrogens is 1. The number of ether oxygens (including phenoxy) is 2. The van der Waals surface area contributed by atoms with Crippen LogP contribution in [0.15, 0.2) is 59.4 Å². The largest absolute Gasteiger partial charge is 0.494 e. The number of amides is 1. The summed E-state index contributed by atoms with van der Waals surface area (Å²) >= 11 is 0.